The molecule has 0 aromatic heterocycles. The molecule has 0 aromatic carbocycles. The van der Waals surface area contributed by atoms with E-state index in [9.17, 15) is 4.79 Å². The maximum atomic E-state index is 12.2. The van der Waals surface area contributed by atoms with Gasteiger partial charge >= 0.3 is 0 Å². The smallest absolute Gasteiger partial charge is 0.248 e. The Morgan fingerprint density at radius 1 is 1.36 bits per heavy atom. The van der Waals surface area contributed by atoms with Crippen LogP contribution in [0.2, 0.25) is 0 Å². The highest BCUT2D eigenvalue weighted by Crippen LogP contribution is 2.30. The van der Waals surface area contributed by atoms with Crippen LogP contribution in [0.25, 0.3) is 0 Å². The second-order valence-electron chi connectivity index (χ2n) is 6.37. The molecule has 0 bridgehead atoms. The number of piperidine rings is 1. The van der Waals surface area contributed by atoms with Gasteiger partial charge in [0.25, 0.3) is 0 Å². The number of ether oxygens (including phenoxy) is 2. The van der Waals surface area contributed by atoms with Gasteiger partial charge in [-0.15, -0.1) is 6.58 Å². The Morgan fingerprint density at radius 2 is 2.05 bits per heavy atom. The van der Waals surface area contributed by atoms with Crippen molar-refractivity contribution in [2.75, 3.05) is 39.5 Å². The van der Waals surface area contributed by atoms with E-state index in [-0.39, 0.29) is 11.4 Å². The second kappa shape index (κ2) is 8.65. The van der Waals surface area contributed by atoms with Crippen molar-refractivity contribution in [2.24, 2.45) is 0 Å². The molecule has 22 heavy (non-hydrogen) atoms. The molecule has 5 heteroatoms. The maximum absolute atomic E-state index is 12.2. The van der Waals surface area contributed by atoms with Crippen molar-refractivity contribution in [2.45, 2.75) is 50.7 Å². The molecular formula is C17H30N2O3. The molecule has 2 aliphatic heterocycles. The topological polar surface area (TPSA) is 50.8 Å². The third kappa shape index (κ3) is 4.54. The molecule has 0 spiro atoms. The van der Waals surface area contributed by atoms with Crippen molar-refractivity contribution in [3.05, 3.63) is 12.7 Å². The SMILES string of the molecule is C=CCOC(C)C(=O)NCC1(N2CCCCC2)CCOCC1. The van der Waals surface area contributed by atoms with Gasteiger partial charge in [0.1, 0.15) is 6.10 Å². The number of likely N-dealkylation sites (tertiary alicyclic amines) is 1. The molecule has 1 amide bonds. The summed E-state index contributed by atoms with van der Waals surface area (Å²) in [6.07, 6.45) is 7.06. The lowest BCUT2D eigenvalue weighted by atomic mass is 9.86. The number of hydrogen-bond donors (Lipinski definition) is 1. The molecule has 2 heterocycles. The monoisotopic (exact) mass is 310 g/mol. The minimum absolute atomic E-state index is 0.0373. The molecule has 1 unspecified atom stereocenters. The number of nitrogens with zero attached hydrogens (tertiary/aromatic N) is 1. The fourth-order valence-electron chi connectivity index (χ4n) is 3.41. The minimum Gasteiger partial charge on any atom is -0.381 e. The highest BCUT2D eigenvalue weighted by atomic mass is 16.5. The van der Waals surface area contributed by atoms with E-state index in [1.807, 2.05) is 0 Å². The summed E-state index contributed by atoms with van der Waals surface area (Å²) in [5.41, 5.74) is 0.0620. The first-order chi connectivity index (χ1) is 10.7. The summed E-state index contributed by atoms with van der Waals surface area (Å²) in [5.74, 6) is -0.0373. The third-order valence-corrected chi connectivity index (χ3v) is 4.88. The summed E-state index contributed by atoms with van der Waals surface area (Å²) in [6.45, 7) is 10.3. The average Bonchev–Trinajstić information content (AvgIpc) is 2.59. The Kier molecular flexibility index (Phi) is 6.86. The third-order valence-electron chi connectivity index (χ3n) is 4.88. The van der Waals surface area contributed by atoms with E-state index in [4.69, 9.17) is 9.47 Å². The molecule has 2 saturated heterocycles. The maximum Gasteiger partial charge on any atom is 0.248 e. The van der Waals surface area contributed by atoms with Gasteiger partial charge in [-0.2, -0.15) is 0 Å². The minimum atomic E-state index is -0.434. The quantitative estimate of drug-likeness (QED) is 0.728. The van der Waals surface area contributed by atoms with Gasteiger partial charge in [-0.3, -0.25) is 9.69 Å². The van der Waals surface area contributed by atoms with E-state index in [2.05, 4.69) is 16.8 Å². The van der Waals surface area contributed by atoms with Gasteiger partial charge < -0.3 is 14.8 Å². The predicted molar refractivity (Wildman–Crippen MR) is 86.8 cm³/mol. The second-order valence-corrected chi connectivity index (χ2v) is 6.37. The molecule has 2 fully saturated rings. The van der Waals surface area contributed by atoms with Crippen molar-refractivity contribution in [1.82, 2.24) is 10.2 Å². The first-order valence-corrected chi connectivity index (χ1v) is 8.51. The molecule has 0 saturated carbocycles. The Morgan fingerprint density at radius 3 is 2.68 bits per heavy atom. The van der Waals surface area contributed by atoms with Crippen LogP contribution in [0.5, 0.6) is 0 Å². The van der Waals surface area contributed by atoms with Gasteiger partial charge in [-0.25, -0.2) is 0 Å². The van der Waals surface area contributed by atoms with E-state index in [0.29, 0.717) is 13.2 Å². The summed E-state index contributed by atoms with van der Waals surface area (Å²) in [4.78, 5) is 14.8. The number of hydrogen-bond acceptors (Lipinski definition) is 4. The molecule has 5 nitrogen and oxygen atoms in total. The first-order valence-electron chi connectivity index (χ1n) is 8.51. The number of amides is 1. The van der Waals surface area contributed by atoms with Crippen molar-refractivity contribution in [3.63, 3.8) is 0 Å². The highest BCUT2D eigenvalue weighted by Gasteiger charge is 2.39. The molecule has 0 aliphatic carbocycles. The lowest BCUT2D eigenvalue weighted by Gasteiger charge is -2.48. The molecule has 2 rings (SSSR count). The standard InChI is InChI=1S/C17H30N2O3/c1-3-11-22-15(2)16(20)18-14-17(7-12-21-13-8-17)19-9-5-4-6-10-19/h3,15H,1,4-14H2,2H3,(H,18,20). The van der Waals surface area contributed by atoms with Crippen LogP contribution in [0.3, 0.4) is 0 Å². The zero-order valence-electron chi connectivity index (χ0n) is 13.8. The van der Waals surface area contributed by atoms with Crippen molar-refractivity contribution in [3.8, 4) is 0 Å². The zero-order chi connectivity index (χ0) is 15.8. The van der Waals surface area contributed by atoms with Gasteiger partial charge in [0.15, 0.2) is 0 Å². The molecular weight excluding hydrogens is 280 g/mol. The molecule has 2 aliphatic rings. The predicted octanol–water partition coefficient (Wildman–Crippen LogP) is 1.73. The zero-order valence-corrected chi connectivity index (χ0v) is 13.8. The fraction of sp³-hybridized carbons (Fsp3) is 0.824. The van der Waals surface area contributed by atoms with Crippen LogP contribution in [0.15, 0.2) is 12.7 Å². The summed E-state index contributed by atoms with van der Waals surface area (Å²) in [7, 11) is 0. The number of carbonyl (C=O) groups is 1. The Hall–Kier alpha value is -0.910. The van der Waals surface area contributed by atoms with Crippen LogP contribution in [0, 0.1) is 0 Å². The largest absolute Gasteiger partial charge is 0.381 e. The first kappa shape index (κ1) is 17.4. The normalized spacial score (nSPS) is 23.7. The Balaban J connectivity index is 1.91. The lowest BCUT2D eigenvalue weighted by Crippen LogP contribution is -2.60. The van der Waals surface area contributed by atoms with E-state index < -0.39 is 6.10 Å². The fourth-order valence-corrected chi connectivity index (χ4v) is 3.41. The molecule has 0 radical (unpaired) electrons. The summed E-state index contributed by atoms with van der Waals surface area (Å²) in [5, 5.41) is 3.10. The van der Waals surface area contributed by atoms with Crippen molar-refractivity contribution in [1.29, 1.82) is 0 Å². The van der Waals surface area contributed by atoms with Crippen LogP contribution >= 0.6 is 0 Å². The van der Waals surface area contributed by atoms with Crippen molar-refractivity contribution >= 4 is 5.91 Å². The molecule has 0 aromatic rings. The van der Waals surface area contributed by atoms with Crippen LogP contribution in [0.1, 0.15) is 39.0 Å². The highest BCUT2D eigenvalue weighted by molar-refractivity contribution is 5.80. The van der Waals surface area contributed by atoms with Crippen LogP contribution in [0.4, 0.5) is 0 Å². The summed E-state index contributed by atoms with van der Waals surface area (Å²) < 4.78 is 11.0. The van der Waals surface area contributed by atoms with Crippen molar-refractivity contribution < 1.29 is 14.3 Å². The van der Waals surface area contributed by atoms with Gasteiger partial charge in [0.05, 0.1) is 6.61 Å². The van der Waals surface area contributed by atoms with Gasteiger partial charge in [-0.05, 0) is 45.7 Å². The summed E-state index contributed by atoms with van der Waals surface area (Å²) >= 11 is 0. The van der Waals surface area contributed by atoms with Crippen LogP contribution in [-0.2, 0) is 14.3 Å². The molecule has 1 atom stereocenters. The van der Waals surface area contributed by atoms with E-state index >= 15 is 0 Å². The number of rotatable bonds is 7. The Labute approximate surface area is 134 Å². The number of carbonyl (C=O) groups excluding carboxylic acids is 1. The van der Waals surface area contributed by atoms with E-state index in [1.165, 1.54) is 19.3 Å². The number of nitrogens with one attached hydrogen (secondary N) is 1. The lowest BCUT2D eigenvalue weighted by molar-refractivity contribution is -0.132. The van der Waals surface area contributed by atoms with E-state index in [0.717, 1.165) is 39.1 Å². The Bertz CT molecular complexity index is 361. The van der Waals surface area contributed by atoms with Gasteiger partial charge in [0, 0.05) is 25.3 Å². The van der Waals surface area contributed by atoms with Gasteiger partial charge in [-0.1, -0.05) is 12.5 Å². The van der Waals surface area contributed by atoms with E-state index in [1.54, 1.807) is 13.0 Å². The average molecular weight is 310 g/mol. The summed E-state index contributed by atoms with van der Waals surface area (Å²) in [6, 6.07) is 0. The van der Waals surface area contributed by atoms with Crippen LogP contribution in [-0.4, -0.2) is 61.9 Å². The van der Waals surface area contributed by atoms with Gasteiger partial charge in [0.2, 0.25) is 5.91 Å². The van der Waals surface area contributed by atoms with Crippen LogP contribution < -0.4 is 5.32 Å². The molecule has 1 N–H and O–H groups in total. The molecule has 126 valence electrons.